The zero-order valence-electron chi connectivity index (χ0n) is 10.6. The van der Waals surface area contributed by atoms with Crippen molar-refractivity contribution in [3.63, 3.8) is 0 Å². The van der Waals surface area contributed by atoms with E-state index < -0.39 is 11.5 Å². The fourth-order valence-electron chi connectivity index (χ4n) is 3.08. The van der Waals surface area contributed by atoms with Gasteiger partial charge in [-0.25, -0.2) is 4.79 Å². The molecule has 0 bridgehead atoms. The normalized spacial score (nSPS) is 28.3. The van der Waals surface area contributed by atoms with Gasteiger partial charge in [0, 0.05) is 12.3 Å². The number of carboxylic acid groups (broad SMARTS) is 1. The van der Waals surface area contributed by atoms with Crippen LogP contribution in [0.15, 0.2) is 0 Å². The van der Waals surface area contributed by atoms with Crippen LogP contribution in [0.1, 0.15) is 51.9 Å². The first kappa shape index (κ1) is 13.1. The third-order valence-corrected chi connectivity index (χ3v) is 4.13. The largest absolute Gasteiger partial charge is 0.479 e. The van der Waals surface area contributed by atoms with E-state index in [9.17, 15) is 19.5 Å². The summed E-state index contributed by atoms with van der Waals surface area (Å²) >= 11 is 0. The van der Waals surface area contributed by atoms with Crippen molar-refractivity contribution < 1.29 is 19.5 Å². The third kappa shape index (κ3) is 1.91. The molecule has 1 heterocycles. The van der Waals surface area contributed by atoms with Gasteiger partial charge in [0.15, 0.2) is 0 Å². The molecule has 2 rings (SSSR count). The molecular formula is C13H19NO4. The maximum atomic E-state index is 12.1. The second-order valence-corrected chi connectivity index (χ2v) is 5.42. The maximum Gasteiger partial charge on any atom is 0.330 e. The predicted octanol–water partition coefficient (Wildman–Crippen LogP) is 1.56. The van der Waals surface area contributed by atoms with Crippen molar-refractivity contribution >= 4 is 17.8 Å². The van der Waals surface area contributed by atoms with Gasteiger partial charge in [-0.2, -0.15) is 0 Å². The molecule has 2 aliphatic rings. The Morgan fingerprint density at radius 2 is 1.78 bits per heavy atom. The minimum atomic E-state index is -1.28. The maximum absolute atomic E-state index is 12.1. The molecule has 0 aromatic carbocycles. The number of rotatable bonds is 2. The molecular weight excluding hydrogens is 234 g/mol. The first-order valence-corrected chi connectivity index (χ1v) is 6.59. The number of nitrogens with zero attached hydrogens (tertiary/aromatic N) is 1. The lowest BCUT2D eigenvalue weighted by molar-refractivity contribution is -0.164. The van der Waals surface area contributed by atoms with Gasteiger partial charge >= 0.3 is 5.97 Å². The fraction of sp³-hybridized carbons (Fsp3) is 0.769. The van der Waals surface area contributed by atoms with E-state index in [-0.39, 0.29) is 24.2 Å². The molecule has 5 nitrogen and oxygen atoms in total. The van der Waals surface area contributed by atoms with E-state index in [4.69, 9.17) is 0 Å². The van der Waals surface area contributed by atoms with E-state index in [2.05, 4.69) is 0 Å². The highest BCUT2D eigenvalue weighted by Crippen LogP contribution is 2.37. The Kier molecular flexibility index (Phi) is 3.41. The van der Waals surface area contributed by atoms with E-state index in [1.165, 1.54) is 0 Å². The second-order valence-electron chi connectivity index (χ2n) is 5.42. The number of imide groups is 1. The van der Waals surface area contributed by atoms with Crippen molar-refractivity contribution in [2.24, 2.45) is 5.92 Å². The van der Waals surface area contributed by atoms with Crippen molar-refractivity contribution in [1.29, 1.82) is 0 Å². The van der Waals surface area contributed by atoms with Crippen LogP contribution in [0.5, 0.6) is 0 Å². The summed E-state index contributed by atoms with van der Waals surface area (Å²) in [6, 6.07) is 0. The van der Waals surface area contributed by atoms with Crippen LogP contribution in [0.25, 0.3) is 0 Å². The van der Waals surface area contributed by atoms with Crippen LogP contribution >= 0.6 is 0 Å². The topological polar surface area (TPSA) is 74.7 Å². The van der Waals surface area contributed by atoms with Crippen LogP contribution in [-0.4, -0.2) is 33.3 Å². The highest BCUT2D eigenvalue weighted by Gasteiger charge is 2.53. The van der Waals surface area contributed by atoms with Gasteiger partial charge < -0.3 is 5.11 Å². The average molecular weight is 253 g/mol. The zero-order valence-corrected chi connectivity index (χ0v) is 10.6. The van der Waals surface area contributed by atoms with Crippen molar-refractivity contribution in [2.45, 2.75) is 57.4 Å². The van der Waals surface area contributed by atoms with Crippen LogP contribution in [0.2, 0.25) is 0 Å². The minimum Gasteiger partial charge on any atom is -0.479 e. The Bertz CT molecular complexity index is 382. The van der Waals surface area contributed by atoms with E-state index in [1.54, 1.807) is 6.92 Å². The number of aliphatic carboxylic acids is 1. The molecule has 100 valence electrons. The molecule has 1 saturated heterocycles. The summed E-state index contributed by atoms with van der Waals surface area (Å²) in [4.78, 5) is 36.8. The lowest BCUT2D eigenvalue weighted by Gasteiger charge is -2.36. The standard InChI is InChI=1S/C13H19NO4/c1-9-8-10(15)14(11(9)16)13(12(17)18)6-4-2-3-5-7-13/h9H,2-8H2,1H3,(H,17,18). The molecule has 1 aliphatic heterocycles. The molecule has 1 unspecified atom stereocenters. The molecule has 0 radical (unpaired) electrons. The number of amides is 2. The van der Waals surface area contributed by atoms with E-state index in [0.29, 0.717) is 12.8 Å². The van der Waals surface area contributed by atoms with Crippen LogP contribution < -0.4 is 0 Å². The van der Waals surface area contributed by atoms with E-state index >= 15 is 0 Å². The molecule has 2 fully saturated rings. The lowest BCUT2D eigenvalue weighted by atomic mass is 9.88. The summed E-state index contributed by atoms with van der Waals surface area (Å²) in [5, 5.41) is 9.55. The predicted molar refractivity (Wildman–Crippen MR) is 63.7 cm³/mol. The molecule has 1 atom stereocenters. The summed E-state index contributed by atoms with van der Waals surface area (Å²) in [6.07, 6.45) is 4.41. The van der Waals surface area contributed by atoms with E-state index in [0.717, 1.165) is 30.6 Å². The van der Waals surface area contributed by atoms with Crippen molar-refractivity contribution in [3.05, 3.63) is 0 Å². The Hall–Kier alpha value is -1.39. The van der Waals surface area contributed by atoms with Gasteiger partial charge in [-0.3, -0.25) is 14.5 Å². The van der Waals surface area contributed by atoms with Crippen LogP contribution in [0.4, 0.5) is 0 Å². The number of carbonyl (C=O) groups excluding carboxylic acids is 2. The molecule has 0 spiro atoms. The molecule has 0 aromatic rings. The third-order valence-electron chi connectivity index (χ3n) is 4.13. The number of carbonyl (C=O) groups is 3. The van der Waals surface area contributed by atoms with Gasteiger partial charge in [0.1, 0.15) is 5.54 Å². The van der Waals surface area contributed by atoms with E-state index in [1.807, 2.05) is 0 Å². The summed E-state index contributed by atoms with van der Waals surface area (Å²) in [5.41, 5.74) is -1.28. The fourth-order valence-corrected chi connectivity index (χ4v) is 3.08. The molecule has 1 saturated carbocycles. The summed E-state index contributed by atoms with van der Waals surface area (Å²) in [5.74, 6) is -2.04. The van der Waals surface area contributed by atoms with Crippen molar-refractivity contribution in [2.75, 3.05) is 0 Å². The molecule has 2 amide bonds. The quantitative estimate of drug-likeness (QED) is 0.598. The van der Waals surface area contributed by atoms with Gasteiger partial charge in [0.05, 0.1) is 0 Å². The van der Waals surface area contributed by atoms with Gasteiger partial charge in [-0.1, -0.05) is 32.6 Å². The minimum absolute atomic E-state index is 0.147. The Balaban J connectivity index is 2.37. The van der Waals surface area contributed by atoms with Gasteiger partial charge in [0.25, 0.3) is 0 Å². The first-order valence-electron chi connectivity index (χ1n) is 6.59. The van der Waals surface area contributed by atoms with Crippen LogP contribution in [0, 0.1) is 5.92 Å². The van der Waals surface area contributed by atoms with Crippen LogP contribution in [-0.2, 0) is 14.4 Å². The second kappa shape index (κ2) is 4.71. The molecule has 5 heteroatoms. The zero-order chi connectivity index (χ0) is 13.3. The van der Waals surface area contributed by atoms with Gasteiger partial charge in [-0.05, 0) is 12.8 Å². The Morgan fingerprint density at radius 3 is 2.17 bits per heavy atom. The molecule has 18 heavy (non-hydrogen) atoms. The van der Waals surface area contributed by atoms with Gasteiger partial charge in [0.2, 0.25) is 11.8 Å². The van der Waals surface area contributed by atoms with Crippen LogP contribution in [0.3, 0.4) is 0 Å². The monoisotopic (exact) mass is 253 g/mol. The first-order chi connectivity index (χ1) is 8.49. The molecule has 1 aliphatic carbocycles. The lowest BCUT2D eigenvalue weighted by Crippen LogP contribution is -2.57. The Morgan fingerprint density at radius 1 is 1.22 bits per heavy atom. The highest BCUT2D eigenvalue weighted by molar-refractivity contribution is 6.07. The smallest absolute Gasteiger partial charge is 0.330 e. The SMILES string of the molecule is CC1CC(=O)N(C2(C(=O)O)CCCCCC2)C1=O. The summed E-state index contributed by atoms with van der Waals surface area (Å²) in [6.45, 7) is 1.69. The average Bonchev–Trinajstić information content (AvgIpc) is 2.53. The van der Waals surface area contributed by atoms with Crippen molar-refractivity contribution in [1.82, 2.24) is 4.90 Å². The number of hydrogen-bond donors (Lipinski definition) is 1. The highest BCUT2D eigenvalue weighted by atomic mass is 16.4. The molecule has 1 N–H and O–H groups in total. The number of carboxylic acids is 1. The summed E-state index contributed by atoms with van der Waals surface area (Å²) in [7, 11) is 0. The molecule has 0 aromatic heterocycles. The van der Waals surface area contributed by atoms with Crippen molar-refractivity contribution in [3.8, 4) is 0 Å². The number of likely N-dealkylation sites (tertiary alicyclic amines) is 1. The number of hydrogen-bond acceptors (Lipinski definition) is 3. The Labute approximate surface area is 106 Å². The van der Waals surface area contributed by atoms with Gasteiger partial charge in [-0.15, -0.1) is 0 Å². The summed E-state index contributed by atoms with van der Waals surface area (Å²) < 4.78 is 0.